The van der Waals surface area contributed by atoms with Gasteiger partial charge in [0, 0.05) is 10.9 Å². The maximum Gasteiger partial charge on any atom is 0.327 e. The Hall–Kier alpha value is -1.00. The number of thioether (sulfide) groups is 1. The van der Waals surface area contributed by atoms with Crippen LogP contribution in [0.1, 0.15) is 50.6 Å². The second kappa shape index (κ2) is 8.44. The van der Waals surface area contributed by atoms with Crippen molar-refractivity contribution in [3.05, 3.63) is 29.8 Å². The molecule has 1 N–H and O–H groups in total. The Morgan fingerprint density at radius 3 is 2.52 bits per heavy atom. The highest BCUT2D eigenvalue weighted by Gasteiger charge is 2.25. The van der Waals surface area contributed by atoms with Gasteiger partial charge in [-0.3, -0.25) is 5.32 Å². The Balaban J connectivity index is 2.11. The van der Waals surface area contributed by atoms with Crippen molar-refractivity contribution in [2.75, 3.05) is 12.9 Å². The molecule has 1 aliphatic carbocycles. The van der Waals surface area contributed by atoms with E-state index in [4.69, 9.17) is 4.74 Å². The van der Waals surface area contributed by atoms with Crippen LogP contribution in [-0.2, 0) is 9.53 Å². The van der Waals surface area contributed by atoms with Crippen LogP contribution in [0, 0.1) is 0 Å². The van der Waals surface area contributed by atoms with Gasteiger partial charge in [-0.15, -0.1) is 11.8 Å². The Morgan fingerprint density at radius 2 is 1.95 bits per heavy atom. The van der Waals surface area contributed by atoms with Crippen molar-refractivity contribution in [2.45, 2.75) is 56.0 Å². The lowest BCUT2D eigenvalue weighted by atomic mass is 9.94. The zero-order valence-corrected chi connectivity index (χ0v) is 13.7. The van der Waals surface area contributed by atoms with Crippen molar-refractivity contribution < 1.29 is 9.53 Å². The van der Waals surface area contributed by atoms with Crippen molar-refractivity contribution in [3.8, 4) is 0 Å². The van der Waals surface area contributed by atoms with Crippen molar-refractivity contribution in [1.29, 1.82) is 0 Å². The number of ether oxygens (including phenoxy) is 1. The standard InChI is InChI=1S/C17H25NO2S/c1-3-20-17(19)16(18-14-7-5-4-6-8-14)13-9-11-15(21-2)12-10-13/h9-12,14,16,18H,3-8H2,1-2H3. The van der Waals surface area contributed by atoms with Gasteiger partial charge in [0.25, 0.3) is 0 Å². The summed E-state index contributed by atoms with van der Waals surface area (Å²) >= 11 is 1.71. The minimum Gasteiger partial charge on any atom is -0.465 e. The summed E-state index contributed by atoms with van der Waals surface area (Å²) in [6, 6.07) is 8.27. The molecule has 1 unspecified atom stereocenters. The predicted molar refractivity (Wildman–Crippen MR) is 87.6 cm³/mol. The van der Waals surface area contributed by atoms with Crippen molar-refractivity contribution >= 4 is 17.7 Å². The summed E-state index contributed by atoms with van der Waals surface area (Å²) in [4.78, 5) is 13.5. The monoisotopic (exact) mass is 307 g/mol. The van der Waals surface area contributed by atoms with Gasteiger partial charge < -0.3 is 4.74 Å². The number of benzene rings is 1. The molecule has 1 aromatic carbocycles. The van der Waals surface area contributed by atoms with Crippen molar-refractivity contribution in [2.24, 2.45) is 0 Å². The molecule has 0 amide bonds. The van der Waals surface area contributed by atoms with E-state index in [1.165, 1.54) is 24.2 Å². The number of esters is 1. The van der Waals surface area contributed by atoms with Crippen molar-refractivity contribution in [1.82, 2.24) is 5.32 Å². The third kappa shape index (κ3) is 4.75. The molecule has 0 aliphatic heterocycles. The van der Waals surface area contributed by atoms with Gasteiger partial charge in [-0.2, -0.15) is 0 Å². The Morgan fingerprint density at radius 1 is 1.29 bits per heavy atom. The van der Waals surface area contributed by atoms with Gasteiger partial charge >= 0.3 is 5.97 Å². The molecule has 21 heavy (non-hydrogen) atoms. The molecule has 4 heteroatoms. The van der Waals surface area contributed by atoms with E-state index < -0.39 is 0 Å². The normalized spacial score (nSPS) is 17.4. The average Bonchev–Trinajstić information content (AvgIpc) is 2.54. The molecule has 116 valence electrons. The Labute approximate surface area is 131 Å². The summed E-state index contributed by atoms with van der Waals surface area (Å²) in [6.07, 6.45) is 8.16. The Kier molecular flexibility index (Phi) is 6.58. The van der Waals surface area contributed by atoms with E-state index in [9.17, 15) is 4.79 Å². The smallest absolute Gasteiger partial charge is 0.327 e. The zero-order valence-electron chi connectivity index (χ0n) is 12.9. The van der Waals surface area contributed by atoms with Gasteiger partial charge in [-0.1, -0.05) is 31.4 Å². The van der Waals surface area contributed by atoms with Crippen molar-refractivity contribution in [3.63, 3.8) is 0 Å². The summed E-state index contributed by atoms with van der Waals surface area (Å²) in [7, 11) is 0. The van der Waals surface area contributed by atoms with E-state index in [2.05, 4.69) is 23.7 Å². The molecular weight excluding hydrogens is 282 g/mol. The molecule has 0 heterocycles. The second-order valence-corrected chi connectivity index (χ2v) is 6.34. The predicted octanol–water partition coefficient (Wildman–Crippen LogP) is 3.94. The fraction of sp³-hybridized carbons (Fsp3) is 0.588. The fourth-order valence-corrected chi connectivity index (χ4v) is 3.24. The highest BCUT2D eigenvalue weighted by molar-refractivity contribution is 7.98. The number of carbonyl (C=O) groups is 1. The van der Waals surface area contributed by atoms with Crippen LogP contribution < -0.4 is 5.32 Å². The maximum absolute atomic E-state index is 12.3. The molecule has 1 fully saturated rings. The molecular formula is C17H25NO2S. The highest BCUT2D eigenvalue weighted by atomic mass is 32.2. The van der Waals surface area contributed by atoms with E-state index in [0.717, 1.165) is 18.4 Å². The topological polar surface area (TPSA) is 38.3 Å². The molecule has 0 saturated heterocycles. The highest BCUT2D eigenvalue weighted by Crippen LogP contribution is 2.24. The minimum absolute atomic E-state index is 0.167. The Bertz CT molecular complexity index is 441. The van der Waals surface area contributed by atoms with Gasteiger partial charge in [0.15, 0.2) is 0 Å². The number of rotatable bonds is 6. The number of nitrogens with one attached hydrogen (secondary N) is 1. The van der Waals surface area contributed by atoms with E-state index in [-0.39, 0.29) is 12.0 Å². The van der Waals surface area contributed by atoms with Gasteiger partial charge in [-0.05, 0) is 43.7 Å². The first-order chi connectivity index (χ1) is 10.2. The SMILES string of the molecule is CCOC(=O)C(NC1CCCCC1)c1ccc(SC)cc1. The number of hydrogen-bond donors (Lipinski definition) is 1. The molecule has 0 bridgehead atoms. The largest absolute Gasteiger partial charge is 0.465 e. The maximum atomic E-state index is 12.3. The first-order valence-corrected chi connectivity index (χ1v) is 9.03. The molecule has 1 saturated carbocycles. The van der Waals surface area contributed by atoms with Gasteiger partial charge in [0.1, 0.15) is 6.04 Å². The number of carbonyl (C=O) groups excluding carboxylic acids is 1. The van der Waals surface area contributed by atoms with E-state index in [0.29, 0.717) is 12.6 Å². The van der Waals surface area contributed by atoms with E-state index >= 15 is 0 Å². The van der Waals surface area contributed by atoms with Crippen LogP contribution in [0.5, 0.6) is 0 Å². The first-order valence-electron chi connectivity index (χ1n) is 7.81. The lowest BCUT2D eigenvalue weighted by Crippen LogP contribution is -2.39. The molecule has 0 spiro atoms. The zero-order chi connectivity index (χ0) is 15.1. The van der Waals surface area contributed by atoms with E-state index in [1.807, 2.05) is 19.1 Å². The fourth-order valence-electron chi connectivity index (χ4n) is 2.83. The van der Waals surface area contributed by atoms with Gasteiger partial charge in [-0.25, -0.2) is 4.79 Å². The van der Waals surface area contributed by atoms with Gasteiger partial charge in [0.05, 0.1) is 6.61 Å². The van der Waals surface area contributed by atoms with Crippen LogP contribution in [0.4, 0.5) is 0 Å². The molecule has 1 aromatic rings. The van der Waals surface area contributed by atoms with E-state index in [1.54, 1.807) is 11.8 Å². The van der Waals surface area contributed by atoms with Crippen LogP contribution in [0.3, 0.4) is 0 Å². The summed E-state index contributed by atoms with van der Waals surface area (Å²) in [5.41, 5.74) is 0.997. The molecule has 0 radical (unpaired) electrons. The molecule has 2 rings (SSSR count). The minimum atomic E-state index is -0.344. The second-order valence-electron chi connectivity index (χ2n) is 5.46. The van der Waals surface area contributed by atoms with Crippen LogP contribution >= 0.6 is 11.8 Å². The van der Waals surface area contributed by atoms with Crippen LogP contribution in [0.2, 0.25) is 0 Å². The molecule has 3 nitrogen and oxygen atoms in total. The first kappa shape index (κ1) is 16.4. The third-order valence-electron chi connectivity index (χ3n) is 3.98. The van der Waals surface area contributed by atoms with Gasteiger partial charge in [0.2, 0.25) is 0 Å². The third-order valence-corrected chi connectivity index (χ3v) is 4.72. The average molecular weight is 307 g/mol. The lowest BCUT2D eigenvalue weighted by molar-refractivity contribution is -0.146. The van der Waals surface area contributed by atoms with Crippen LogP contribution in [-0.4, -0.2) is 24.9 Å². The van der Waals surface area contributed by atoms with Crippen LogP contribution in [0.15, 0.2) is 29.2 Å². The number of hydrogen-bond acceptors (Lipinski definition) is 4. The quantitative estimate of drug-likeness (QED) is 0.638. The van der Waals surface area contributed by atoms with Crippen LogP contribution in [0.25, 0.3) is 0 Å². The summed E-state index contributed by atoms with van der Waals surface area (Å²) in [6.45, 7) is 2.27. The lowest BCUT2D eigenvalue weighted by Gasteiger charge is -2.27. The molecule has 0 aromatic heterocycles. The molecule has 1 aliphatic rings. The summed E-state index contributed by atoms with van der Waals surface area (Å²) in [5.74, 6) is -0.167. The molecule has 1 atom stereocenters. The summed E-state index contributed by atoms with van der Waals surface area (Å²) < 4.78 is 5.25. The summed E-state index contributed by atoms with van der Waals surface area (Å²) in [5, 5.41) is 3.51.